The Morgan fingerprint density at radius 3 is 2.18 bits per heavy atom. The number of primary amides is 1. The summed E-state index contributed by atoms with van der Waals surface area (Å²) < 4.78 is 5.35. The van der Waals surface area contributed by atoms with Crippen molar-refractivity contribution in [3.63, 3.8) is 0 Å². The van der Waals surface area contributed by atoms with Crippen LogP contribution in [0.3, 0.4) is 0 Å². The summed E-state index contributed by atoms with van der Waals surface area (Å²) in [5.41, 5.74) is 7.50. The zero-order chi connectivity index (χ0) is 23.2. The van der Waals surface area contributed by atoms with Gasteiger partial charge in [0.05, 0.1) is 11.5 Å². The number of ketones is 1. The van der Waals surface area contributed by atoms with Crippen LogP contribution in [-0.4, -0.2) is 42.3 Å². The minimum atomic E-state index is -0.509. The molecule has 7 heteroatoms. The second-order valence-corrected chi connectivity index (χ2v) is 9.02. The van der Waals surface area contributed by atoms with Crippen molar-refractivity contribution in [2.75, 3.05) is 24.6 Å². The van der Waals surface area contributed by atoms with E-state index in [9.17, 15) is 14.4 Å². The largest absolute Gasteiger partial charge is 0.457 e. The minimum absolute atomic E-state index is 0.172. The highest BCUT2D eigenvalue weighted by Crippen LogP contribution is 2.32. The van der Waals surface area contributed by atoms with Crippen LogP contribution < -0.4 is 10.6 Å². The zero-order valence-corrected chi connectivity index (χ0v) is 18.9. The number of carbonyl (C=O) groups excluding carboxylic acids is 3. The summed E-state index contributed by atoms with van der Waals surface area (Å²) in [5.74, 6) is 0.118. The van der Waals surface area contributed by atoms with E-state index in [0.29, 0.717) is 43.0 Å². The van der Waals surface area contributed by atoms with E-state index in [1.807, 2.05) is 24.3 Å². The van der Waals surface area contributed by atoms with Crippen LogP contribution in [0.4, 0.5) is 5.82 Å². The predicted molar refractivity (Wildman–Crippen MR) is 125 cm³/mol. The number of piperidine rings is 1. The van der Waals surface area contributed by atoms with Gasteiger partial charge in [0.2, 0.25) is 5.91 Å². The van der Waals surface area contributed by atoms with Gasteiger partial charge in [0, 0.05) is 24.8 Å². The summed E-state index contributed by atoms with van der Waals surface area (Å²) in [6.45, 7) is 1.08. The Morgan fingerprint density at radius 2 is 1.58 bits per heavy atom. The molecule has 7 nitrogen and oxygen atoms in total. The van der Waals surface area contributed by atoms with E-state index in [4.69, 9.17) is 10.5 Å². The van der Waals surface area contributed by atoms with Crippen molar-refractivity contribution < 1.29 is 19.1 Å². The fourth-order valence-electron chi connectivity index (χ4n) is 4.78. The lowest BCUT2D eigenvalue weighted by Gasteiger charge is -2.31. The quantitative estimate of drug-likeness (QED) is 0.508. The lowest BCUT2D eigenvalue weighted by molar-refractivity contribution is -0.148. The number of pyridine rings is 1. The van der Waals surface area contributed by atoms with Crippen molar-refractivity contribution in [2.45, 2.75) is 50.9 Å². The number of hydrogen-bond donors (Lipinski definition) is 1. The number of carbonyl (C=O) groups is 3. The highest BCUT2D eigenvalue weighted by atomic mass is 16.5. The normalized spacial score (nSPS) is 17.5. The molecule has 174 valence electrons. The third-order valence-corrected chi connectivity index (χ3v) is 6.84. The van der Waals surface area contributed by atoms with Gasteiger partial charge in [0.25, 0.3) is 0 Å². The molecule has 2 heterocycles. The van der Waals surface area contributed by atoms with E-state index >= 15 is 0 Å². The number of hydrogen-bond acceptors (Lipinski definition) is 6. The third kappa shape index (κ3) is 5.78. The average molecular weight is 450 g/mol. The van der Waals surface area contributed by atoms with Gasteiger partial charge in [0.1, 0.15) is 5.82 Å². The predicted octanol–water partition coefficient (Wildman–Crippen LogP) is 3.87. The standard InChI is InChI=1S/C26H31N3O4/c27-25(31)22-10-11-24(28-16-22)29-14-12-21(13-15-29)26(32)33-17-23(30)20-8-6-19(7-9-20)18-4-2-1-3-5-18/h6-11,16,18,21H,1-5,12-15,17H2,(H2,27,31). The number of Topliss-reactive ketones (excluding diaryl/α,β-unsaturated/α-hetero) is 1. The van der Waals surface area contributed by atoms with E-state index in [2.05, 4.69) is 9.88 Å². The molecule has 0 radical (unpaired) electrons. The molecular formula is C26H31N3O4. The second-order valence-electron chi connectivity index (χ2n) is 9.02. The molecule has 1 saturated heterocycles. The number of benzene rings is 1. The molecule has 4 rings (SSSR count). The van der Waals surface area contributed by atoms with E-state index < -0.39 is 5.91 Å². The number of amides is 1. The van der Waals surface area contributed by atoms with Gasteiger partial charge in [-0.25, -0.2) is 4.98 Å². The molecule has 0 bridgehead atoms. The Kier molecular flexibility index (Phi) is 7.37. The van der Waals surface area contributed by atoms with Crippen LogP contribution in [0, 0.1) is 5.92 Å². The van der Waals surface area contributed by atoms with Crippen LogP contribution >= 0.6 is 0 Å². The molecule has 1 aliphatic carbocycles. The maximum absolute atomic E-state index is 12.5. The van der Waals surface area contributed by atoms with Gasteiger partial charge in [-0.05, 0) is 49.3 Å². The number of nitrogens with two attached hydrogens (primary N) is 1. The maximum atomic E-state index is 12.5. The number of anilines is 1. The molecule has 1 aliphatic heterocycles. The van der Waals surface area contributed by atoms with Crippen molar-refractivity contribution >= 4 is 23.5 Å². The van der Waals surface area contributed by atoms with Crippen LogP contribution in [0.15, 0.2) is 42.6 Å². The smallest absolute Gasteiger partial charge is 0.309 e. The lowest BCUT2D eigenvalue weighted by atomic mass is 9.84. The molecule has 1 saturated carbocycles. The Morgan fingerprint density at radius 1 is 0.909 bits per heavy atom. The van der Waals surface area contributed by atoms with Gasteiger partial charge < -0.3 is 15.4 Å². The number of esters is 1. The molecule has 2 aliphatic rings. The summed E-state index contributed by atoms with van der Waals surface area (Å²) in [4.78, 5) is 42.5. The number of aromatic nitrogens is 1. The van der Waals surface area contributed by atoms with Crippen molar-refractivity contribution in [3.05, 3.63) is 59.3 Å². The second kappa shape index (κ2) is 10.6. The molecule has 33 heavy (non-hydrogen) atoms. The first-order valence-corrected chi connectivity index (χ1v) is 11.8. The molecule has 0 unspecified atom stereocenters. The summed E-state index contributed by atoms with van der Waals surface area (Å²) in [6.07, 6.45) is 9.03. The zero-order valence-electron chi connectivity index (χ0n) is 18.9. The molecule has 0 spiro atoms. The van der Waals surface area contributed by atoms with E-state index in [1.165, 1.54) is 43.9 Å². The molecule has 2 N–H and O–H groups in total. The Labute approximate surface area is 194 Å². The number of rotatable bonds is 7. The molecule has 2 aromatic rings. The molecule has 2 fully saturated rings. The topological polar surface area (TPSA) is 103 Å². The van der Waals surface area contributed by atoms with Crippen molar-refractivity contribution in [1.29, 1.82) is 0 Å². The third-order valence-electron chi connectivity index (χ3n) is 6.84. The van der Waals surface area contributed by atoms with Crippen LogP contribution in [0.25, 0.3) is 0 Å². The maximum Gasteiger partial charge on any atom is 0.309 e. The molecule has 1 amide bonds. The summed E-state index contributed by atoms with van der Waals surface area (Å²) >= 11 is 0. The Hall–Kier alpha value is -3.22. The molecule has 0 atom stereocenters. The van der Waals surface area contributed by atoms with E-state index in [0.717, 1.165) is 5.82 Å². The molecule has 1 aromatic carbocycles. The molecule has 1 aromatic heterocycles. The van der Waals surface area contributed by atoms with Crippen molar-refractivity contribution in [1.82, 2.24) is 4.98 Å². The SMILES string of the molecule is NC(=O)c1ccc(N2CCC(C(=O)OCC(=O)c3ccc(C4CCCCC4)cc3)CC2)nc1. The van der Waals surface area contributed by atoms with E-state index in [1.54, 1.807) is 12.1 Å². The highest BCUT2D eigenvalue weighted by molar-refractivity contribution is 5.98. The Balaban J connectivity index is 1.23. The first-order chi connectivity index (χ1) is 16.0. The van der Waals surface area contributed by atoms with Gasteiger partial charge in [-0.15, -0.1) is 0 Å². The van der Waals surface area contributed by atoms with Gasteiger partial charge in [0.15, 0.2) is 12.4 Å². The first-order valence-electron chi connectivity index (χ1n) is 11.8. The van der Waals surface area contributed by atoms with Gasteiger partial charge in [-0.1, -0.05) is 43.5 Å². The summed E-state index contributed by atoms with van der Waals surface area (Å²) in [7, 11) is 0. The Bertz CT molecular complexity index is 974. The summed E-state index contributed by atoms with van der Waals surface area (Å²) in [6, 6.07) is 11.2. The summed E-state index contributed by atoms with van der Waals surface area (Å²) in [5, 5.41) is 0. The van der Waals surface area contributed by atoms with E-state index in [-0.39, 0.29) is 24.3 Å². The average Bonchev–Trinajstić information content (AvgIpc) is 2.88. The lowest BCUT2D eigenvalue weighted by Crippen LogP contribution is -2.37. The van der Waals surface area contributed by atoms with Crippen LogP contribution in [0.5, 0.6) is 0 Å². The number of ether oxygens (including phenoxy) is 1. The fraction of sp³-hybridized carbons (Fsp3) is 0.462. The van der Waals surface area contributed by atoms with Gasteiger partial charge >= 0.3 is 5.97 Å². The van der Waals surface area contributed by atoms with Crippen molar-refractivity contribution in [2.24, 2.45) is 11.7 Å². The number of nitrogens with zero attached hydrogens (tertiary/aromatic N) is 2. The van der Waals surface area contributed by atoms with Crippen LogP contribution in [0.1, 0.15) is 77.1 Å². The van der Waals surface area contributed by atoms with Gasteiger partial charge in [-0.2, -0.15) is 0 Å². The van der Waals surface area contributed by atoms with Crippen LogP contribution in [-0.2, 0) is 9.53 Å². The fourth-order valence-corrected chi connectivity index (χ4v) is 4.78. The van der Waals surface area contributed by atoms with Crippen molar-refractivity contribution in [3.8, 4) is 0 Å². The molecular weight excluding hydrogens is 418 g/mol. The first kappa shape index (κ1) is 23.0. The van der Waals surface area contributed by atoms with Gasteiger partial charge in [-0.3, -0.25) is 14.4 Å². The van der Waals surface area contributed by atoms with Crippen LogP contribution in [0.2, 0.25) is 0 Å². The minimum Gasteiger partial charge on any atom is -0.457 e. The monoisotopic (exact) mass is 449 g/mol. The highest BCUT2D eigenvalue weighted by Gasteiger charge is 2.27.